The third-order valence-corrected chi connectivity index (χ3v) is 5.82. The number of thiophene rings is 1. The van der Waals surface area contributed by atoms with Gasteiger partial charge in [-0.25, -0.2) is 0 Å². The number of fused-ring (bicyclic) bond motifs is 1. The van der Waals surface area contributed by atoms with Crippen LogP contribution in [-0.4, -0.2) is 59.4 Å². The summed E-state index contributed by atoms with van der Waals surface area (Å²) in [4.78, 5) is 39.3. The van der Waals surface area contributed by atoms with Crippen LogP contribution >= 0.6 is 11.3 Å². The van der Waals surface area contributed by atoms with E-state index in [0.717, 1.165) is 15.6 Å². The summed E-state index contributed by atoms with van der Waals surface area (Å²) in [6, 6.07) is 5.97. The minimum Gasteiger partial charge on any atom is -0.481 e. The molecule has 138 valence electrons. The fourth-order valence-electron chi connectivity index (χ4n) is 3.26. The Morgan fingerprint density at radius 1 is 1.27 bits per heavy atom. The lowest BCUT2D eigenvalue weighted by Gasteiger charge is -2.31. The summed E-state index contributed by atoms with van der Waals surface area (Å²) in [7, 11) is 1.63. The van der Waals surface area contributed by atoms with Crippen LogP contribution in [0.15, 0.2) is 23.6 Å². The van der Waals surface area contributed by atoms with Gasteiger partial charge in [-0.15, -0.1) is 11.3 Å². The predicted molar refractivity (Wildman–Crippen MR) is 100 cm³/mol. The topological polar surface area (TPSA) is 77.9 Å². The fraction of sp³-hybridized carbons (Fsp3) is 0.421. The first kappa shape index (κ1) is 18.4. The van der Waals surface area contributed by atoms with E-state index in [0.29, 0.717) is 31.5 Å². The number of carboxylic acid groups (broad SMARTS) is 1. The second kappa shape index (κ2) is 7.45. The third kappa shape index (κ3) is 3.72. The number of aryl methyl sites for hydroxylation is 1. The van der Waals surface area contributed by atoms with Crippen LogP contribution < -0.4 is 0 Å². The number of likely N-dealkylation sites (N-methyl/N-ethyl adjacent to an activating group) is 1. The Bertz CT molecular complexity index is 852. The number of piperidine rings is 1. The van der Waals surface area contributed by atoms with Crippen molar-refractivity contribution in [3.63, 3.8) is 0 Å². The number of likely N-dealkylation sites (tertiary alicyclic amines) is 1. The van der Waals surface area contributed by atoms with Gasteiger partial charge in [0.05, 0.1) is 18.0 Å². The molecule has 1 fully saturated rings. The van der Waals surface area contributed by atoms with Crippen LogP contribution in [0.4, 0.5) is 0 Å². The first-order chi connectivity index (χ1) is 12.4. The molecule has 0 atom stereocenters. The largest absolute Gasteiger partial charge is 0.481 e. The van der Waals surface area contributed by atoms with Crippen LogP contribution in [0.2, 0.25) is 0 Å². The Morgan fingerprint density at radius 2 is 1.96 bits per heavy atom. The molecule has 0 saturated carbocycles. The van der Waals surface area contributed by atoms with Crippen LogP contribution in [0.1, 0.15) is 28.8 Å². The maximum Gasteiger partial charge on any atom is 0.306 e. The Labute approximate surface area is 156 Å². The number of carbonyl (C=O) groups excluding carboxylic acids is 2. The van der Waals surface area contributed by atoms with Crippen molar-refractivity contribution in [3.8, 4) is 0 Å². The van der Waals surface area contributed by atoms with Gasteiger partial charge in [-0.2, -0.15) is 0 Å². The quantitative estimate of drug-likeness (QED) is 0.892. The highest BCUT2D eigenvalue weighted by Gasteiger charge is 2.28. The zero-order chi connectivity index (χ0) is 18.8. The summed E-state index contributed by atoms with van der Waals surface area (Å²) in [5, 5.41) is 11.8. The molecule has 2 heterocycles. The molecule has 6 nitrogen and oxygen atoms in total. The lowest BCUT2D eigenvalue weighted by atomic mass is 9.97. The van der Waals surface area contributed by atoms with Crippen molar-refractivity contribution in [2.45, 2.75) is 19.8 Å². The van der Waals surface area contributed by atoms with Crippen LogP contribution in [0.25, 0.3) is 10.1 Å². The maximum absolute atomic E-state index is 12.7. The molecule has 1 aliphatic heterocycles. The minimum atomic E-state index is -0.802. The molecule has 0 bridgehead atoms. The van der Waals surface area contributed by atoms with Crippen LogP contribution in [0.5, 0.6) is 0 Å². The van der Waals surface area contributed by atoms with Gasteiger partial charge in [0.2, 0.25) is 5.91 Å². The van der Waals surface area contributed by atoms with Crippen LogP contribution in [0.3, 0.4) is 0 Å². The van der Waals surface area contributed by atoms with Gasteiger partial charge >= 0.3 is 5.97 Å². The first-order valence-corrected chi connectivity index (χ1v) is 9.48. The highest BCUT2D eigenvalue weighted by Crippen LogP contribution is 2.27. The molecule has 1 N–H and O–H groups in total. The van der Waals surface area contributed by atoms with E-state index in [2.05, 4.69) is 6.07 Å². The number of hydrogen-bond acceptors (Lipinski definition) is 4. The number of rotatable bonds is 4. The number of amides is 2. The monoisotopic (exact) mass is 374 g/mol. The molecular weight excluding hydrogens is 352 g/mol. The zero-order valence-electron chi connectivity index (χ0n) is 14.9. The lowest BCUT2D eigenvalue weighted by Crippen LogP contribution is -2.45. The maximum atomic E-state index is 12.7. The molecule has 26 heavy (non-hydrogen) atoms. The number of carbonyl (C=O) groups is 3. The Morgan fingerprint density at radius 3 is 2.62 bits per heavy atom. The van der Waals surface area contributed by atoms with Crippen molar-refractivity contribution in [1.82, 2.24) is 9.80 Å². The smallest absolute Gasteiger partial charge is 0.306 e. The number of carboxylic acids is 1. The van der Waals surface area contributed by atoms with Crippen LogP contribution in [0, 0.1) is 12.8 Å². The standard InChI is InChI=1S/C19H22N2O4S/c1-12-3-4-14-15(11-26-16(14)9-12)18(23)20(2)10-17(22)21-7-5-13(6-8-21)19(24)25/h3-4,9,11,13H,5-8,10H2,1-2H3,(H,24,25). The molecule has 3 rings (SSSR count). The zero-order valence-corrected chi connectivity index (χ0v) is 15.7. The highest BCUT2D eigenvalue weighted by molar-refractivity contribution is 7.17. The minimum absolute atomic E-state index is 0.000225. The molecule has 2 aromatic rings. The van der Waals surface area contributed by atoms with E-state index in [-0.39, 0.29) is 24.3 Å². The summed E-state index contributed by atoms with van der Waals surface area (Å²) in [6.07, 6.45) is 0.931. The number of hydrogen-bond donors (Lipinski definition) is 1. The van der Waals surface area contributed by atoms with E-state index in [9.17, 15) is 14.4 Å². The van der Waals surface area contributed by atoms with E-state index >= 15 is 0 Å². The predicted octanol–water partition coefficient (Wildman–Crippen LogP) is 2.60. The van der Waals surface area contributed by atoms with Crippen molar-refractivity contribution in [3.05, 3.63) is 34.7 Å². The highest BCUT2D eigenvalue weighted by atomic mass is 32.1. The van der Waals surface area contributed by atoms with E-state index < -0.39 is 5.97 Å². The van der Waals surface area contributed by atoms with Gasteiger partial charge in [0, 0.05) is 35.6 Å². The van der Waals surface area contributed by atoms with Crippen molar-refractivity contribution >= 4 is 39.2 Å². The molecule has 0 aliphatic carbocycles. The molecule has 1 aliphatic rings. The van der Waals surface area contributed by atoms with Gasteiger partial charge in [-0.3, -0.25) is 14.4 Å². The van der Waals surface area contributed by atoms with Gasteiger partial charge in [-0.05, 0) is 31.4 Å². The Balaban J connectivity index is 1.63. The summed E-state index contributed by atoms with van der Waals surface area (Å²) in [5.74, 6) is -1.49. The Kier molecular flexibility index (Phi) is 5.27. The van der Waals surface area contributed by atoms with Crippen molar-refractivity contribution in [1.29, 1.82) is 0 Å². The summed E-state index contributed by atoms with van der Waals surface area (Å²) in [5.41, 5.74) is 1.76. The molecule has 1 aromatic heterocycles. The molecule has 1 aromatic carbocycles. The molecule has 1 saturated heterocycles. The first-order valence-electron chi connectivity index (χ1n) is 8.60. The Hall–Kier alpha value is -2.41. The molecule has 0 spiro atoms. The van der Waals surface area contributed by atoms with Gasteiger partial charge in [0.1, 0.15) is 0 Å². The van der Waals surface area contributed by atoms with Crippen molar-refractivity contribution in [2.24, 2.45) is 5.92 Å². The van der Waals surface area contributed by atoms with Crippen molar-refractivity contribution in [2.75, 3.05) is 26.7 Å². The van der Waals surface area contributed by atoms with Gasteiger partial charge in [0.15, 0.2) is 0 Å². The van der Waals surface area contributed by atoms with E-state index in [1.807, 2.05) is 24.4 Å². The average molecular weight is 374 g/mol. The molecular formula is C19H22N2O4S. The average Bonchev–Trinajstić information content (AvgIpc) is 3.03. The molecule has 0 radical (unpaired) electrons. The molecule has 2 amide bonds. The van der Waals surface area contributed by atoms with Gasteiger partial charge < -0.3 is 14.9 Å². The summed E-state index contributed by atoms with van der Waals surface area (Å²) in [6.45, 7) is 2.87. The van der Waals surface area contributed by atoms with E-state index in [4.69, 9.17) is 5.11 Å². The van der Waals surface area contributed by atoms with E-state index in [1.165, 1.54) is 16.2 Å². The number of aliphatic carboxylic acids is 1. The van der Waals surface area contributed by atoms with Gasteiger partial charge in [0.25, 0.3) is 5.91 Å². The second-order valence-electron chi connectivity index (χ2n) is 6.80. The summed E-state index contributed by atoms with van der Waals surface area (Å²) >= 11 is 1.53. The SMILES string of the molecule is Cc1ccc2c(C(=O)N(C)CC(=O)N3CCC(C(=O)O)CC3)csc2c1. The normalized spacial score (nSPS) is 15.2. The third-order valence-electron chi connectivity index (χ3n) is 4.88. The fourth-order valence-corrected chi connectivity index (χ4v) is 4.29. The molecule has 0 unspecified atom stereocenters. The number of nitrogens with zero attached hydrogens (tertiary/aromatic N) is 2. The summed E-state index contributed by atoms with van der Waals surface area (Å²) < 4.78 is 1.06. The lowest BCUT2D eigenvalue weighted by molar-refractivity contribution is -0.145. The van der Waals surface area contributed by atoms with Gasteiger partial charge in [-0.1, -0.05) is 12.1 Å². The van der Waals surface area contributed by atoms with Crippen molar-refractivity contribution < 1.29 is 19.5 Å². The second-order valence-corrected chi connectivity index (χ2v) is 7.71. The van der Waals surface area contributed by atoms with E-state index in [1.54, 1.807) is 11.9 Å². The number of benzene rings is 1. The van der Waals surface area contributed by atoms with Crippen LogP contribution in [-0.2, 0) is 9.59 Å². The molecule has 7 heteroatoms.